The molecule has 2 atom stereocenters. The molecule has 0 spiro atoms. The highest BCUT2D eigenvalue weighted by Crippen LogP contribution is 2.41. The molecule has 28 heavy (non-hydrogen) atoms. The van der Waals surface area contributed by atoms with Crippen LogP contribution < -0.4 is 5.32 Å². The van der Waals surface area contributed by atoms with Crippen LogP contribution in [-0.2, 0) is 11.2 Å². The molecular weight excluding hydrogens is 403 g/mol. The maximum atomic E-state index is 13.0. The number of aromatic hydroxyl groups is 1. The van der Waals surface area contributed by atoms with Gasteiger partial charge in [-0.1, -0.05) is 29.8 Å². The van der Waals surface area contributed by atoms with Crippen LogP contribution in [0.25, 0.3) is 0 Å². The van der Waals surface area contributed by atoms with Crippen molar-refractivity contribution in [2.24, 2.45) is 0 Å². The second-order valence-corrected chi connectivity index (χ2v) is 7.36. The fourth-order valence-corrected chi connectivity index (χ4v) is 3.98. The lowest BCUT2D eigenvalue weighted by atomic mass is 10.0. The van der Waals surface area contributed by atoms with Gasteiger partial charge in [0.25, 0.3) is 5.91 Å². The molecule has 1 aliphatic carbocycles. The molecule has 2 aromatic carbocycles. The second-order valence-electron chi connectivity index (χ2n) is 6.51. The van der Waals surface area contributed by atoms with Crippen LogP contribution in [0.4, 0.5) is 5.69 Å². The maximum absolute atomic E-state index is 13.0. The van der Waals surface area contributed by atoms with Gasteiger partial charge in [0.15, 0.2) is 0 Å². The smallest absolute Gasteiger partial charge is 0.258 e. The van der Waals surface area contributed by atoms with Crippen molar-refractivity contribution in [2.45, 2.75) is 18.6 Å². The van der Waals surface area contributed by atoms with Crippen LogP contribution in [0, 0.1) is 0 Å². The van der Waals surface area contributed by atoms with Crippen LogP contribution in [0.2, 0.25) is 10.0 Å². The number of hydrogen-bond donors (Lipinski definition) is 3. The summed E-state index contributed by atoms with van der Waals surface area (Å²) in [6.45, 7) is 3.37. The predicted octanol–water partition coefficient (Wildman–Crippen LogP) is 3.55. The third-order valence-electron chi connectivity index (χ3n) is 4.71. The zero-order chi connectivity index (χ0) is 20.6. The minimum atomic E-state index is -0.870. The van der Waals surface area contributed by atoms with Gasteiger partial charge in [0.05, 0.1) is 17.7 Å². The first kappa shape index (κ1) is 20.2. The number of halogens is 2. The van der Waals surface area contributed by atoms with Crippen molar-refractivity contribution in [3.63, 3.8) is 0 Å². The van der Waals surface area contributed by atoms with Gasteiger partial charge < -0.3 is 20.4 Å². The summed E-state index contributed by atoms with van der Waals surface area (Å²) < 4.78 is 0. The van der Waals surface area contributed by atoms with E-state index in [9.17, 15) is 19.8 Å². The van der Waals surface area contributed by atoms with Crippen LogP contribution in [0.3, 0.4) is 0 Å². The standard InChI is InChI=1S/C20H18Cl2N2O4/c1-3-18(27)23-11-4-5-16(25)14(8-11)20(28)24(2)19-13-6-10(21)7-15(22)12(13)9-17(19)26/h3-8,17,19,25-26H,1,9H2,2H3,(H,23,27). The van der Waals surface area contributed by atoms with E-state index in [0.717, 1.165) is 11.6 Å². The van der Waals surface area contributed by atoms with E-state index in [-0.39, 0.29) is 17.7 Å². The number of amides is 2. The topological polar surface area (TPSA) is 89.9 Å². The number of phenolic OH excluding ortho intramolecular Hbond substituents is 1. The lowest BCUT2D eigenvalue weighted by Crippen LogP contribution is -2.36. The molecule has 0 saturated carbocycles. The Morgan fingerprint density at radius 3 is 2.68 bits per heavy atom. The number of carbonyl (C=O) groups excluding carboxylic acids is 2. The summed E-state index contributed by atoms with van der Waals surface area (Å²) in [5, 5.41) is 24.1. The molecule has 0 saturated heterocycles. The van der Waals surface area contributed by atoms with Crippen molar-refractivity contribution in [1.82, 2.24) is 4.90 Å². The van der Waals surface area contributed by atoms with E-state index in [0.29, 0.717) is 21.3 Å². The lowest BCUT2D eigenvalue weighted by molar-refractivity contribution is -0.111. The van der Waals surface area contributed by atoms with E-state index in [1.807, 2.05) is 0 Å². The number of benzene rings is 2. The molecule has 0 aliphatic heterocycles. The van der Waals surface area contributed by atoms with Gasteiger partial charge in [0, 0.05) is 29.2 Å². The van der Waals surface area contributed by atoms with Crippen molar-refractivity contribution in [3.8, 4) is 5.75 Å². The number of phenols is 1. The summed E-state index contributed by atoms with van der Waals surface area (Å²) in [4.78, 5) is 25.9. The Bertz CT molecular complexity index is 977. The molecule has 2 amide bonds. The van der Waals surface area contributed by atoms with Gasteiger partial charge in [-0.25, -0.2) is 0 Å². The highest BCUT2D eigenvalue weighted by atomic mass is 35.5. The summed E-state index contributed by atoms with van der Waals surface area (Å²) in [5.41, 5.74) is 1.71. The number of fused-ring (bicyclic) bond motifs is 1. The first-order valence-electron chi connectivity index (χ1n) is 8.42. The number of likely N-dealkylation sites (N-methyl/N-ethyl adjacent to an activating group) is 1. The van der Waals surface area contributed by atoms with Gasteiger partial charge in [-0.3, -0.25) is 9.59 Å². The Hall–Kier alpha value is -2.54. The lowest BCUT2D eigenvalue weighted by Gasteiger charge is -2.28. The fourth-order valence-electron chi connectivity index (χ4n) is 3.39. The van der Waals surface area contributed by atoms with Gasteiger partial charge in [-0.05, 0) is 47.5 Å². The summed E-state index contributed by atoms with van der Waals surface area (Å²) in [5.74, 6) is -1.22. The molecule has 146 valence electrons. The molecule has 0 heterocycles. The third kappa shape index (κ3) is 3.71. The number of aliphatic hydroxyl groups excluding tert-OH is 1. The molecule has 2 unspecified atom stereocenters. The highest BCUT2D eigenvalue weighted by molar-refractivity contribution is 6.35. The average Bonchev–Trinajstić information content (AvgIpc) is 2.98. The third-order valence-corrected chi connectivity index (χ3v) is 5.26. The van der Waals surface area contributed by atoms with Gasteiger partial charge >= 0.3 is 0 Å². The molecule has 0 radical (unpaired) electrons. The number of carbonyl (C=O) groups is 2. The largest absolute Gasteiger partial charge is 0.507 e. The van der Waals surface area contributed by atoms with E-state index >= 15 is 0 Å². The molecule has 3 rings (SSSR count). The minimum absolute atomic E-state index is 0.0156. The molecule has 0 fully saturated rings. The molecule has 8 heteroatoms. The number of hydrogen-bond acceptors (Lipinski definition) is 4. The molecule has 0 bridgehead atoms. The number of rotatable bonds is 4. The van der Waals surface area contributed by atoms with Crippen molar-refractivity contribution < 1.29 is 19.8 Å². The van der Waals surface area contributed by atoms with Crippen LogP contribution in [0.5, 0.6) is 5.75 Å². The van der Waals surface area contributed by atoms with Crippen molar-refractivity contribution in [3.05, 3.63) is 69.7 Å². The molecule has 0 aromatic heterocycles. The van der Waals surface area contributed by atoms with Crippen molar-refractivity contribution in [2.75, 3.05) is 12.4 Å². The Morgan fingerprint density at radius 1 is 1.29 bits per heavy atom. The Kier molecular flexibility index (Phi) is 5.65. The predicted molar refractivity (Wildman–Crippen MR) is 108 cm³/mol. The van der Waals surface area contributed by atoms with Crippen molar-refractivity contribution in [1.29, 1.82) is 0 Å². The van der Waals surface area contributed by atoms with Gasteiger partial charge in [-0.15, -0.1) is 0 Å². The molecule has 1 aliphatic rings. The number of nitrogens with zero attached hydrogens (tertiary/aromatic N) is 1. The Balaban J connectivity index is 1.95. The summed E-state index contributed by atoms with van der Waals surface area (Å²) in [7, 11) is 1.52. The molecule has 6 nitrogen and oxygen atoms in total. The van der Waals surface area contributed by atoms with E-state index < -0.39 is 24.0 Å². The molecule has 3 N–H and O–H groups in total. The quantitative estimate of drug-likeness (QED) is 0.520. The van der Waals surface area contributed by atoms with Crippen LogP contribution in [-0.4, -0.2) is 40.1 Å². The summed E-state index contributed by atoms with van der Waals surface area (Å²) >= 11 is 12.3. The number of aliphatic hydroxyl groups is 1. The number of anilines is 1. The zero-order valence-corrected chi connectivity index (χ0v) is 16.5. The van der Waals surface area contributed by atoms with E-state index in [2.05, 4.69) is 11.9 Å². The molecule has 2 aromatic rings. The van der Waals surface area contributed by atoms with Gasteiger partial charge in [0.2, 0.25) is 5.91 Å². The monoisotopic (exact) mass is 420 g/mol. The van der Waals surface area contributed by atoms with Gasteiger partial charge in [-0.2, -0.15) is 0 Å². The van der Waals surface area contributed by atoms with Crippen LogP contribution in [0.15, 0.2) is 43.0 Å². The zero-order valence-electron chi connectivity index (χ0n) is 14.9. The minimum Gasteiger partial charge on any atom is -0.507 e. The average molecular weight is 421 g/mol. The van der Waals surface area contributed by atoms with E-state index in [4.69, 9.17) is 23.2 Å². The van der Waals surface area contributed by atoms with E-state index in [1.54, 1.807) is 12.1 Å². The maximum Gasteiger partial charge on any atom is 0.258 e. The highest BCUT2D eigenvalue weighted by Gasteiger charge is 2.38. The van der Waals surface area contributed by atoms with Gasteiger partial charge in [0.1, 0.15) is 5.75 Å². The molecular formula is C20H18Cl2N2O4. The Labute approximate surface area is 172 Å². The first-order valence-corrected chi connectivity index (χ1v) is 9.18. The van der Waals surface area contributed by atoms with Crippen molar-refractivity contribution >= 4 is 40.7 Å². The Morgan fingerprint density at radius 2 is 2.00 bits per heavy atom. The van der Waals surface area contributed by atoms with Crippen LogP contribution in [0.1, 0.15) is 27.5 Å². The second kappa shape index (κ2) is 7.83. The fraction of sp³-hybridized carbons (Fsp3) is 0.200. The summed E-state index contributed by atoms with van der Waals surface area (Å²) in [6.07, 6.45) is 0.514. The SMILES string of the molecule is C=CC(=O)Nc1ccc(O)c(C(=O)N(C)C2c3cc(Cl)cc(Cl)c3CC2O)c1. The van der Waals surface area contributed by atoms with Crippen LogP contribution >= 0.6 is 23.2 Å². The normalized spacial score (nSPS) is 17.7. The van der Waals surface area contributed by atoms with E-state index in [1.165, 1.54) is 30.1 Å². The summed E-state index contributed by atoms with van der Waals surface area (Å²) in [6, 6.07) is 6.73. The number of nitrogens with one attached hydrogen (secondary N) is 1. The first-order chi connectivity index (χ1) is 13.2.